The van der Waals surface area contributed by atoms with Crippen molar-refractivity contribution in [3.05, 3.63) is 46.5 Å². The molecule has 0 saturated carbocycles. The van der Waals surface area contributed by atoms with Gasteiger partial charge in [-0.2, -0.15) is 5.10 Å². The van der Waals surface area contributed by atoms with E-state index in [1.54, 1.807) is 24.3 Å². The Kier molecular flexibility index (Phi) is 4.77. The van der Waals surface area contributed by atoms with Crippen molar-refractivity contribution in [1.82, 2.24) is 5.43 Å². The minimum absolute atomic E-state index is 0.225. The Balaban J connectivity index is 2.61. The van der Waals surface area contributed by atoms with Gasteiger partial charge in [-0.15, -0.1) is 0 Å². The number of hydrazone groups is 1. The van der Waals surface area contributed by atoms with Gasteiger partial charge in [-0.3, -0.25) is 4.79 Å². The van der Waals surface area contributed by atoms with Crippen molar-refractivity contribution in [2.45, 2.75) is 6.92 Å². The molecule has 0 unspecified atom stereocenters. The molecule has 4 heteroatoms. The average Bonchev–Trinajstić information content (AvgIpc) is 2.24. The van der Waals surface area contributed by atoms with Gasteiger partial charge in [0.2, 0.25) is 0 Å². The highest BCUT2D eigenvalue weighted by Crippen LogP contribution is 2.11. The summed E-state index contributed by atoms with van der Waals surface area (Å²) in [5, 5.41) is 3.74. The van der Waals surface area contributed by atoms with Crippen LogP contribution < -0.4 is 5.43 Å². The third-order valence-electron chi connectivity index (χ3n) is 1.61. The molecule has 3 nitrogen and oxygen atoms in total. The van der Waals surface area contributed by atoms with Crippen molar-refractivity contribution < 1.29 is 4.79 Å². The highest BCUT2D eigenvalue weighted by Gasteiger charge is 2.02. The van der Waals surface area contributed by atoms with Gasteiger partial charge >= 0.3 is 0 Å². The van der Waals surface area contributed by atoms with Gasteiger partial charge in [0.25, 0.3) is 5.91 Å². The molecule has 0 heterocycles. The van der Waals surface area contributed by atoms with Crippen LogP contribution in [0.15, 0.2) is 46.0 Å². The van der Waals surface area contributed by atoms with Crippen molar-refractivity contribution >= 4 is 28.1 Å². The Morgan fingerprint density at radius 2 is 2.33 bits per heavy atom. The maximum absolute atomic E-state index is 11.5. The fourth-order valence-corrected chi connectivity index (χ4v) is 1.32. The lowest BCUT2D eigenvalue weighted by Crippen LogP contribution is -2.17. The first-order chi connectivity index (χ1) is 7.24. The Hall–Kier alpha value is -1.42. The van der Waals surface area contributed by atoms with Gasteiger partial charge in [-0.25, -0.2) is 5.43 Å². The standard InChI is InChI=1S/C11H11BrN2O/c1-2-3-7-13-14-11(15)9-5-4-6-10(12)8-9/h2-8H,1H3,(H,14,15). The fourth-order valence-electron chi connectivity index (χ4n) is 0.919. The molecule has 0 spiro atoms. The van der Waals surface area contributed by atoms with Gasteiger partial charge in [0.1, 0.15) is 0 Å². The first-order valence-electron chi connectivity index (χ1n) is 4.44. The zero-order chi connectivity index (χ0) is 11.1. The lowest BCUT2D eigenvalue weighted by molar-refractivity contribution is 0.0955. The summed E-state index contributed by atoms with van der Waals surface area (Å²) in [5.41, 5.74) is 2.99. The van der Waals surface area contributed by atoms with E-state index < -0.39 is 0 Å². The molecule has 1 rings (SSSR count). The fraction of sp³-hybridized carbons (Fsp3) is 0.0909. The van der Waals surface area contributed by atoms with E-state index in [0.717, 1.165) is 4.47 Å². The van der Waals surface area contributed by atoms with Crippen molar-refractivity contribution in [1.29, 1.82) is 0 Å². The molecule has 0 bridgehead atoms. The molecule has 0 radical (unpaired) electrons. The van der Waals surface area contributed by atoms with Crippen LogP contribution in [-0.2, 0) is 0 Å². The predicted molar refractivity (Wildman–Crippen MR) is 64.9 cm³/mol. The zero-order valence-electron chi connectivity index (χ0n) is 8.27. The molecule has 0 aromatic heterocycles. The van der Waals surface area contributed by atoms with E-state index >= 15 is 0 Å². The Bertz CT molecular complexity index is 399. The Labute approximate surface area is 97.0 Å². The second-order valence-electron chi connectivity index (χ2n) is 2.76. The van der Waals surface area contributed by atoms with Crippen LogP contribution in [0.4, 0.5) is 0 Å². The first-order valence-corrected chi connectivity index (χ1v) is 5.23. The van der Waals surface area contributed by atoms with Crippen molar-refractivity contribution in [2.75, 3.05) is 0 Å². The molecule has 0 saturated heterocycles. The van der Waals surface area contributed by atoms with Crippen LogP contribution in [-0.4, -0.2) is 12.1 Å². The molecular formula is C11H11BrN2O. The topological polar surface area (TPSA) is 41.5 Å². The third kappa shape index (κ3) is 4.08. The van der Waals surface area contributed by atoms with Crippen LogP contribution in [0.25, 0.3) is 0 Å². The molecule has 0 aliphatic heterocycles. The number of amides is 1. The molecule has 15 heavy (non-hydrogen) atoms. The summed E-state index contributed by atoms with van der Waals surface area (Å²) in [4.78, 5) is 11.5. The summed E-state index contributed by atoms with van der Waals surface area (Å²) in [6.07, 6.45) is 5.09. The second kappa shape index (κ2) is 6.14. The number of allylic oxidation sites excluding steroid dienone is 2. The van der Waals surface area contributed by atoms with Crippen molar-refractivity contribution in [3.63, 3.8) is 0 Å². The molecule has 1 aromatic carbocycles. The summed E-state index contributed by atoms with van der Waals surface area (Å²) < 4.78 is 0.868. The zero-order valence-corrected chi connectivity index (χ0v) is 9.86. The van der Waals surface area contributed by atoms with Gasteiger partial charge < -0.3 is 0 Å². The molecule has 0 aliphatic carbocycles. The Morgan fingerprint density at radius 1 is 1.53 bits per heavy atom. The maximum Gasteiger partial charge on any atom is 0.271 e. The lowest BCUT2D eigenvalue weighted by atomic mass is 10.2. The molecule has 0 aliphatic rings. The Morgan fingerprint density at radius 3 is 3.00 bits per heavy atom. The quantitative estimate of drug-likeness (QED) is 0.664. The lowest BCUT2D eigenvalue weighted by Gasteiger charge is -1.99. The highest BCUT2D eigenvalue weighted by molar-refractivity contribution is 9.10. The van der Waals surface area contributed by atoms with Crippen LogP contribution in [0.2, 0.25) is 0 Å². The van der Waals surface area contributed by atoms with Gasteiger partial charge in [-0.05, 0) is 31.2 Å². The number of rotatable bonds is 3. The molecule has 1 amide bonds. The molecule has 0 atom stereocenters. The van der Waals surface area contributed by atoms with E-state index in [1.807, 2.05) is 19.1 Å². The number of nitrogens with zero attached hydrogens (tertiary/aromatic N) is 1. The molecule has 0 fully saturated rings. The van der Waals surface area contributed by atoms with Gasteiger partial charge in [0, 0.05) is 16.3 Å². The van der Waals surface area contributed by atoms with Crippen LogP contribution >= 0.6 is 15.9 Å². The number of benzene rings is 1. The molecule has 1 N–H and O–H groups in total. The third-order valence-corrected chi connectivity index (χ3v) is 2.10. The van der Waals surface area contributed by atoms with E-state index in [-0.39, 0.29) is 5.91 Å². The predicted octanol–water partition coefficient (Wildman–Crippen LogP) is 2.74. The van der Waals surface area contributed by atoms with Crippen LogP contribution in [0.5, 0.6) is 0 Å². The van der Waals surface area contributed by atoms with Crippen molar-refractivity contribution in [2.24, 2.45) is 5.10 Å². The van der Waals surface area contributed by atoms with E-state index in [1.165, 1.54) is 6.21 Å². The summed E-state index contributed by atoms with van der Waals surface area (Å²) in [7, 11) is 0. The van der Waals surface area contributed by atoms with Crippen LogP contribution in [0.3, 0.4) is 0 Å². The summed E-state index contributed by atoms with van der Waals surface area (Å²) in [6, 6.07) is 7.13. The summed E-state index contributed by atoms with van der Waals surface area (Å²) in [6.45, 7) is 1.88. The summed E-state index contributed by atoms with van der Waals surface area (Å²) >= 11 is 3.29. The largest absolute Gasteiger partial charge is 0.271 e. The minimum Gasteiger partial charge on any atom is -0.267 e. The molecule has 78 valence electrons. The molecular weight excluding hydrogens is 256 g/mol. The number of carbonyl (C=O) groups excluding carboxylic acids is 1. The minimum atomic E-state index is -0.225. The number of carbonyl (C=O) groups is 1. The van der Waals surface area contributed by atoms with Crippen LogP contribution in [0.1, 0.15) is 17.3 Å². The molecule has 1 aromatic rings. The average molecular weight is 267 g/mol. The summed E-state index contributed by atoms with van der Waals surface area (Å²) in [5.74, 6) is -0.225. The van der Waals surface area contributed by atoms with Gasteiger partial charge in [-0.1, -0.05) is 28.1 Å². The number of hydrogen-bond acceptors (Lipinski definition) is 2. The highest BCUT2D eigenvalue weighted by atomic mass is 79.9. The van der Waals surface area contributed by atoms with Gasteiger partial charge in [0.05, 0.1) is 0 Å². The van der Waals surface area contributed by atoms with E-state index in [0.29, 0.717) is 5.56 Å². The number of hydrogen-bond donors (Lipinski definition) is 1. The number of nitrogens with one attached hydrogen (secondary N) is 1. The van der Waals surface area contributed by atoms with E-state index in [4.69, 9.17) is 0 Å². The second-order valence-corrected chi connectivity index (χ2v) is 3.67. The van der Waals surface area contributed by atoms with Crippen molar-refractivity contribution in [3.8, 4) is 0 Å². The SMILES string of the molecule is CC=CC=NNC(=O)c1cccc(Br)c1. The monoisotopic (exact) mass is 266 g/mol. The first kappa shape index (κ1) is 11.7. The van der Waals surface area contributed by atoms with E-state index in [2.05, 4.69) is 26.5 Å². The van der Waals surface area contributed by atoms with Crippen LogP contribution in [0, 0.1) is 0 Å². The normalized spacial score (nSPS) is 11.1. The van der Waals surface area contributed by atoms with Gasteiger partial charge in [0.15, 0.2) is 0 Å². The van der Waals surface area contributed by atoms with E-state index in [9.17, 15) is 4.79 Å². The maximum atomic E-state index is 11.5. The smallest absolute Gasteiger partial charge is 0.267 e. The number of halogens is 1.